The monoisotopic (exact) mass is 186 g/mol. The molecule has 13 heavy (non-hydrogen) atoms. The number of hydrogen-bond acceptors (Lipinski definition) is 3. The molecule has 0 amide bonds. The number of rotatable bonds is 1. The maximum atomic E-state index is 11.2. The van der Waals surface area contributed by atoms with E-state index < -0.39 is 11.8 Å². The van der Waals surface area contributed by atoms with Gasteiger partial charge >= 0.3 is 6.16 Å². The Labute approximate surface area is 79.4 Å². The lowest BCUT2D eigenvalue weighted by Gasteiger charge is -2.20. The highest BCUT2D eigenvalue weighted by atomic mass is 16.7. The summed E-state index contributed by atoms with van der Waals surface area (Å²) in [6.45, 7) is 5.51. The minimum atomic E-state index is -0.528. The fraction of sp³-hybridized carbons (Fsp3) is 0.900. The average molecular weight is 186 g/mol. The van der Waals surface area contributed by atoms with E-state index in [4.69, 9.17) is 9.47 Å². The van der Waals surface area contributed by atoms with Gasteiger partial charge < -0.3 is 9.47 Å². The standard InChI is InChI=1S/C10H18O3/c1-10(2,3)13-9(11)12-8-6-4-5-7-8/h8H,4-7H2,1-3H3. The molecule has 76 valence electrons. The third-order valence-corrected chi connectivity index (χ3v) is 1.95. The fourth-order valence-corrected chi connectivity index (χ4v) is 1.42. The maximum Gasteiger partial charge on any atom is 0.509 e. The Kier molecular flexibility index (Phi) is 3.17. The van der Waals surface area contributed by atoms with E-state index in [2.05, 4.69) is 0 Å². The largest absolute Gasteiger partial charge is 0.509 e. The third kappa shape index (κ3) is 4.15. The fourth-order valence-electron chi connectivity index (χ4n) is 1.42. The van der Waals surface area contributed by atoms with Gasteiger partial charge in [0, 0.05) is 0 Å². The molecule has 0 N–H and O–H groups in total. The predicted octanol–water partition coefficient (Wildman–Crippen LogP) is 2.88. The van der Waals surface area contributed by atoms with Crippen molar-refractivity contribution in [2.24, 2.45) is 0 Å². The summed E-state index contributed by atoms with van der Waals surface area (Å²) in [4.78, 5) is 11.2. The Bertz CT molecular complexity index is 175. The van der Waals surface area contributed by atoms with E-state index in [-0.39, 0.29) is 6.10 Å². The van der Waals surface area contributed by atoms with Gasteiger partial charge in [0.05, 0.1) is 0 Å². The molecule has 0 aliphatic heterocycles. The highest BCUT2D eigenvalue weighted by molar-refractivity contribution is 5.60. The van der Waals surface area contributed by atoms with Crippen molar-refractivity contribution in [3.8, 4) is 0 Å². The lowest BCUT2D eigenvalue weighted by Crippen LogP contribution is -2.26. The van der Waals surface area contributed by atoms with Crippen molar-refractivity contribution in [3.05, 3.63) is 0 Å². The van der Waals surface area contributed by atoms with Gasteiger partial charge in [-0.15, -0.1) is 0 Å². The van der Waals surface area contributed by atoms with Crippen LogP contribution in [-0.4, -0.2) is 17.9 Å². The van der Waals surface area contributed by atoms with Crippen LogP contribution in [0, 0.1) is 0 Å². The second kappa shape index (κ2) is 3.99. The smallest absolute Gasteiger partial charge is 0.431 e. The zero-order chi connectivity index (χ0) is 9.90. The van der Waals surface area contributed by atoms with Crippen LogP contribution in [0.4, 0.5) is 4.79 Å². The molecule has 0 aromatic heterocycles. The van der Waals surface area contributed by atoms with Crippen molar-refractivity contribution in [2.75, 3.05) is 0 Å². The third-order valence-electron chi connectivity index (χ3n) is 1.95. The van der Waals surface area contributed by atoms with Crippen LogP contribution in [0.5, 0.6) is 0 Å². The molecule has 3 nitrogen and oxygen atoms in total. The molecule has 1 aliphatic rings. The Morgan fingerprint density at radius 2 is 1.77 bits per heavy atom. The average Bonchev–Trinajstić information content (AvgIpc) is 2.34. The number of hydrogen-bond donors (Lipinski definition) is 0. The molecule has 0 spiro atoms. The van der Waals surface area contributed by atoms with Crippen LogP contribution >= 0.6 is 0 Å². The molecule has 0 heterocycles. The number of carbonyl (C=O) groups excluding carboxylic acids is 1. The van der Waals surface area contributed by atoms with Crippen LogP contribution in [0.1, 0.15) is 46.5 Å². The summed E-state index contributed by atoms with van der Waals surface area (Å²) in [5.41, 5.74) is -0.449. The minimum Gasteiger partial charge on any atom is -0.431 e. The zero-order valence-electron chi connectivity index (χ0n) is 8.63. The Morgan fingerprint density at radius 1 is 1.23 bits per heavy atom. The summed E-state index contributed by atoms with van der Waals surface area (Å²) >= 11 is 0. The maximum absolute atomic E-state index is 11.2. The molecule has 0 radical (unpaired) electrons. The Morgan fingerprint density at radius 3 is 2.23 bits per heavy atom. The number of ether oxygens (including phenoxy) is 2. The SMILES string of the molecule is CC(C)(C)OC(=O)OC1CCCC1. The number of carbonyl (C=O) groups is 1. The van der Waals surface area contributed by atoms with Crippen LogP contribution in [0.15, 0.2) is 0 Å². The van der Waals surface area contributed by atoms with Gasteiger partial charge in [0.1, 0.15) is 11.7 Å². The van der Waals surface area contributed by atoms with Gasteiger partial charge in [-0.25, -0.2) is 4.79 Å². The summed E-state index contributed by atoms with van der Waals surface area (Å²) in [5, 5.41) is 0. The van der Waals surface area contributed by atoms with Crippen molar-refractivity contribution in [1.82, 2.24) is 0 Å². The second-order valence-electron chi connectivity index (χ2n) is 4.49. The molecular weight excluding hydrogens is 168 g/mol. The van der Waals surface area contributed by atoms with Crippen LogP contribution in [0.2, 0.25) is 0 Å². The van der Waals surface area contributed by atoms with Gasteiger partial charge in [-0.05, 0) is 46.5 Å². The molecular formula is C10H18O3. The van der Waals surface area contributed by atoms with Gasteiger partial charge in [-0.3, -0.25) is 0 Å². The summed E-state index contributed by atoms with van der Waals surface area (Å²) in [6.07, 6.45) is 3.86. The summed E-state index contributed by atoms with van der Waals surface area (Å²) in [6, 6.07) is 0. The first-order valence-corrected chi connectivity index (χ1v) is 4.87. The lowest BCUT2D eigenvalue weighted by atomic mass is 10.2. The normalized spacial score (nSPS) is 18.7. The van der Waals surface area contributed by atoms with E-state index in [1.54, 1.807) is 0 Å². The predicted molar refractivity (Wildman–Crippen MR) is 49.6 cm³/mol. The van der Waals surface area contributed by atoms with Crippen molar-refractivity contribution in [1.29, 1.82) is 0 Å². The molecule has 3 heteroatoms. The summed E-state index contributed by atoms with van der Waals surface area (Å²) < 4.78 is 10.2. The summed E-state index contributed by atoms with van der Waals surface area (Å²) in [7, 11) is 0. The van der Waals surface area contributed by atoms with Crippen LogP contribution < -0.4 is 0 Å². The summed E-state index contributed by atoms with van der Waals surface area (Å²) in [5.74, 6) is 0. The van der Waals surface area contributed by atoms with E-state index in [0.29, 0.717) is 0 Å². The van der Waals surface area contributed by atoms with E-state index >= 15 is 0 Å². The highest BCUT2D eigenvalue weighted by Crippen LogP contribution is 2.22. The molecule has 0 aromatic rings. The van der Waals surface area contributed by atoms with Gasteiger partial charge in [-0.1, -0.05) is 0 Å². The molecule has 0 saturated heterocycles. The molecule has 0 unspecified atom stereocenters. The van der Waals surface area contributed by atoms with Gasteiger partial charge in [-0.2, -0.15) is 0 Å². The second-order valence-corrected chi connectivity index (χ2v) is 4.49. The van der Waals surface area contributed by atoms with Crippen molar-refractivity contribution >= 4 is 6.16 Å². The Balaban J connectivity index is 2.24. The topological polar surface area (TPSA) is 35.5 Å². The highest BCUT2D eigenvalue weighted by Gasteiger charge is 2.23. The quantitative estimate of drug-likeness (QED) is 0.591. The van der Waals surface area contributed by atoms with Crippen LogP contribution in [0.3, 0.4) is 0 Å². The molecule has 1 aliphatic carbocycles. The molecule has 0 atom stereocenters. The van der Waals surface area contributed by atoms with Crippen LogP contribution in [0.25, 0.3) is 0 Å². The van der Waals surface area contributed by atoms with E-state index in [9.17, 15) is 4.79 Å². The first-order chi connectivity index (χ1) is 5.97. The molecule has 0 bridgehead atoms. The minimum absolute atomic E-state index is 0.0925. The van der Waals surface area contributed by atoms with Gasteiger partial charge in [0.2, 0.25) is 0 Å². The first-order valence-electron chi connectivity index (χ1n) is 4.87. The molecule has 1 saturated carbocycles. The van der Waals surface area contributed by atoms with E-state index in [0.717, 1.165) is 25.7 Å². The Hall–Kier alpha value is -0.730. The zero-order valence-corrected chi connectivity index (χ0v) is 8.63. The van der Waals surface area contributed by atoms with Gasteiger partial charge in [0.25, 0.3) is 0 Å². The van der Waals surface area contributed by atoms with Crippen LogP contribution in [-0.2, 0) is 9.47 Å². The van der Waals surface area contributed by atoms with E-state index in [1.165, 1.54) is 0 Å². The first kappa shape index (κ1) is 10.4. The van der Waals surface area contributed by atoms with Crippen molar-refractivity contribution < 1.29 is 14.3 Å². The van der Waals surface area contributed by atoms with Crippen molar-refractivity contribution in [2.45, 2.75) is 58.2 Å². The van der Waals surface area contributed by atoms with Crippen molar-refractivity contribution in [3.63, 3.8) is 0 Å². The lowest BCUT2D eigenvalue weighted by molar-refractivity contribution is -0.0252. The molecule has 1 rings (SSSR count). The molecule has 0 aromatic carbocycles. The molecule has 1 fully saturated rings. The van der Waals surface area contributed by atoms with Gasteiger partial charge in [0.15, 0.2) is 0 Å². The van der Waals surface area contributed by atoms with E-state index in [1.807, 2.05) is 20.8 Å².